The SMILES string of the molecule is CC[C@H](C)[C@H](NC(=O)CCOCc1ccccc1)C(=O)O. The summed E-state index contributed by atoms with van der Waals surface area (Å²) in [7, 11) is 0. The molecule has 0 aromatic heterocycles. The Kier molecular flexibility index (Phi) is 7.46. The van der Waals surface area contributed by atoms with E-state index < -0.39 is 12.0 Å². The number of nitrogens with one attached hydrogen (secondary N) is 1. The molecular weight excluding hydrogens is 270 g/mol. The molecule has 116 valence electrons. The highest BCUT2D eigenvalue weighted by Gasteiger charge is 2.24. The summed E-state index contributed by atoms with van der Waals surface area (Å²) < 4.78 is 5.41. The third kappa shape index (κ3) is 6.40. The smallest absolute Gasteiger partial charge is 0.326 e. The van der Waals surface area contributed by atoms with E-state index in [1.165, 1.54) is 0 Å². The molecule has 2 N–H and O–H groups in total. The van der Waals surface area contributed by atoms with Gasteiger partial charge in [0.2, 0.25) is 5.91 Å². The van der Waals surface area contributed by atoms with E-state index in [1.54, 1.807) is 0 Å². The summed E-state index contributed by atoms with van der Waals surface area (Å²) in [5, 5.41) is 11.6. The molecule has 0 bridgehead atoms. The second kappa shape index (κ2) is 9.13. The second-order valence-electron chi connectivity index (χ2n) is 5.06. The fourth-order valence-corrected chi connectivity index (χ4v) is 1.86. The Morgan fingerprint density at radius 3 is 2.52 bits per heavy atom. The van der Waals surface area contributed by atoms with Crippen molar-refractivity contribution < 1.29 is 19.4 Å². The van der Waals surface area contributed by atoms with Crippen LogP contribution in [0.15, 0.2) is 30.3 Å². The van der Waals surface area contributed by atoms with Crippen LogP contribution in [0.5, 0.6) is 0 Å². The van der Waals surface area contributed by atoms with E-state index in [0.29, 0.717) is 13.0 Å². The normalized spacial score (nSPS) is 13.4. The van der Waals surface area contributed by atoms with Gasteiger partial charge in [-0.3, -0.25) is 4.79 Å². The monoisotopic (exact) mass is 293 g/mol. The quantitative estimate of drug-likeness (QED) is 0.684. The van der Waals surface area contributed by atoms with Gasteiger partial charge in [-0.15, -0.1) is 0 Å². The van der Waals surface area contributed by atoms with E-state index in [2.05, 4.69) is 5.32 Å². The zero-order valence-corrected chi connectivity index (χ0v) is 12.5. The minimum atomic E-state index is -0.997. The van der Waals surface area contributed by atoms with Gasteiger partial charge in [0.05, 0.1) is 13.2 Å². The largest absolute Gasteiger partial charge is 0.480 e. The number of aliphatic carboxylic acids is 1. The van der Waals surface area contributed by atoms with Crippen LogP contribution < -0.4 is 5.32 Å². The molecule has 5 nitrogen and oxygen atoms in total. The van der Waals surface area contributed by atoms with Crippen molar-refractivity contribution in [3.63, 3.8) is 0 Å². The topological polar surface area (TPSA) is 75.6 Å². The van der Waals surface area contributed by atoms with Crippen molar-refractivity contribution in [2.45, 2.75) is 39.3 Å². The molecule has 1 aromatic rings. The summed E-state index contributed by atoms with van der Waals surface area (Å²) in [6.45, 7) is 4.43. The lowest BCUT2D eigenvalue weighted by Crippen LogP contribution is -2.45. The Morgan fingerprint density at radius 2 is 1.95 bits per heavy atom. The lowest BCUT2D eigenvalue weighted by molar-refractivity contribution is -0.143. The zero-order valence-electron chi connectivity index (χ0n) is 12.5. The fourth-order valence-electron chi connectivity index (χ4n) is 1.86. The van der Waals surface area contributed by atoms with E-state index in [1.807, 2.05) is 44.2 Å². The number of carboxylic acid groups (broad SMARTS) is 1. The summed E-state index contributed by atoms with van der Waals surface area (Å²) in [4.78, 5) is 22.8. The summed E-state index contributed by atoms with van der Waals surface area (Å²) in [6, 6.07) is 8.84. The molecule has 1 amide bonds. The van der Waals surface area contributed by atoms with Crippen LogP contribution >= 0.6 is 0 Å². The Balaban J connectivity index is 2.28. The minimum absolute atomic E-state index is 0.100. The van der Waals surface area contributed by atoms with E-state index in [0.717, 1.165) is 5.56 Å². The van der Waals surface area contributed by atoms with Gasteiger partial charge >= 0.3 is 5.97 Å². The Bertz CT molecular complexity index is 447. The molecule has 0 heterocycles. The highest BCUT2D eigenvalue weighted by molar-refractivity contribution is 5.83. The third-order valence-corrected chi connectivity index (χ3v) is 3.38. The molecule has 0 fully saturated rings. The van der Waals surface area contributed by atoms with Crippen LogP contribution in [0.25, 0.3) is 0 Å². The zero-order chi connectivity index (χ0) is 15.7. The molecule has 0 radical (unpaired) electrons. The Morgan fingerprint density at radius 1 is 1.29 bits per heavy atom. The summed E-state index contributed by atoms with van der Waals surface area (Å²) in [5.74, 6) is -1.39. The average Bonchev–Trinajstić information content (AvgIpc) is 2.49. The molecule has 5 heteroatoms. The number of hydrogen-bond donors (Lipinski definition) is 2. The molecule has 1 aromatic carbocycles. The van der Waals surface area contributed by atoms with Gasteiger partial charge in [-0.2, -0.15) is 0 Å². The van der Waals surface area contributed by atoms with Gasteiger partial charge < -0.3 is 15.2 Å². The lowest BCUT2D eigenvalue weighted by atomic mass is 9.99. The number of carbonyl (C=O) groups is 2. The molecule has 0 aliphatic rings. The maximum absolute atomic E-state index is 11.7. The van der Waals surface area contributed by atoms with Crippen molar-refractivity contribution >= 4 is 11.9 Å². The van der Waals surface area contributed by atoms with Gasteiger partial charge in [0.15, 0.2) is 0 Å². The van der Waals surface area contributed by atoms with Crippen LogP contribution in [0.2, 0.25) is 0 Å². The van der Waals surface area contributed by atoms with Crippen molar-refractivity contribution in [2.24, 2.45) is 5.92 Å². The first-order valence-corrected chi connectivity index (χ1v) is 7.18. The van der Waals surface area contributed by atoms with E-state index >= 15 is 0 Å². The number of ether oxygens (including phenoxy) is 1. The van der Waals surface area contributed by atoms with E-state index in [4.69, 9.17) is 9.84 Å². The molecular formula is C16H23NO4. The van der Waals surface area contributed by atoms with Crippen LogP contribution in [-0.4, -0.2) is 29.6 Å². The van der Waals surface area contributed by atoms with Crippen molar-refractivity contribution in [2.75, 3.05) is 6.61 Å². The first kappa shape index (κ1) is 17.2. The maximum Gasteiger partial charge on any atom is 0.326 e. The van der Waals surface area contributed by atoms with Gasteiger partial charge in [-0.05, 0) is 11.5 Å². The fraction of sp³-hybridized carbons (Fsp3) is 0.500. The standard InChI is InChI=1S/C16H23NO4/c1-3-12(2)15(16(19)20)17-14(18)9-10-21-11-13-7-5-4-6-8-13/h4-8,12,15H,3,9-11H2,1-2H3,(H,17,18)(H,19,20)/t12-,15-/m0/s1. The second-order valence-corrected chi connectivity index (χ2v) is 5.06. The highest BCUT2D eigenvalue weighted by Crippen LogP contribution is 2.08. The van der Waals surface area contributed by atoms with Gasteiger partial charge in [0.1, 0.15) is 6.04 Å². The highest BCUT2D eigenvalue weighted by atomic mass is 16.5. The number of carbonyl (C=O) groups excluding carboxylic acids is 1. The summed E-state index contributed by atoms with van der Waals surface area (Å²) in [6.07, 6.45) is 0.856. The molecule has 0 aliphatic heterocycles. The van der Waals surface area contributed by atoms with Gasteiger partial charge in [-0.1, -0.05) is 50.6 Å². The van der Waals surface area contributed by atoms with Crippen molar-refractivity contribution in [3.05, 3.63) is 35.9 Å². The van der Waals surface area contributed by atoms with Gasteiger partial charge in [0.25, 0.3) is 0 Å². The Hall–Kier alpha value is -1.88. The molecule has 0 saturated heterocycles. The first-order chi connectivity index (χ1) is 10.0. The first-order valence-electron chi connectivity index (χ1n) is 7.18. The van der Waals surface area contributed by atoms with Gasteiger partial charge in [0, 0.05) is 6.42 Å². The molecule has 0 saturated carbocycles. The summed E-state index contributed by atoms with van der Waals surface area (Å²) in [5.41, 5.74) is 1.04. The van der Waals surface area contributed by atoms with Crippen molar-refractivity contribution in [1.29, 1.82) is 0 Å². The van der Waals surface area contributed by atoms with E-state index in [-0.39, 0.29) is 24.9 Å². The molecule has 1 rings (SSSR count). The predicted molar refractivity (Wildman–Crippen MR) is 79.7 cm³/mol. The molecule has 0 unspecified atom stereocenters. The van der Waals surface area contributed by atoms with Crippen LogP contribution in [0.1, 0.15) is 32.3 Å². The van der Waals surface area contributed by atoms with Crippen LogP contribution in [0.3, 0.4) is 0 Å². The number of carboxylic acids is 1. The number of benzene rings is 1. The number of amides is 1. The van der Waals surface area contributed by atoms with Crippen molar-refractivity contribution in [1.82, 2.24) is 5.32 Å². The van der Waals surface area contributed by atoms with E-state index in [9.17, 15) is 9.59 Å². The minimum Gasteiger partial charge on any atom is -0.480 e. The Labute approximate surface area is 125 Å². The molecule has 0 aliphatic carbocycles. The number of rotatable bonds is 9. The predicted octanol–water partition coefficient (Wildman–Crippen LogP) is 2.21. The molecule has 21 heavy (non-hydrogen) atoms. The molecule has 0 spiro atoms. The molecule has 2 atom stereocenters. The van der Waals surface area contributed by atoms with Crippen LogP contribution in [0.4, 0.5) is 0 Å². The summed E-state index contributed by atoms with van der Waals surface area (Å²) >= 11 is 0. The van der Waals surface area contributed by atoms with Crippen LogP contribution in [0, 0.1) is 5.92 Å². The number of hydrogen-bond acceptors (Lipinski definition) is 3. The van der Waals surface area contributed by atoms with Crippen LogP contribution in [-0.2, 0) is 20.9 Å². The van der Waals surface area contributed by atoms with Crippen molar-refractivity contribution in [3.8, 4) is 0 Å². The third-order valence-electron chi connectivity index (χ3n) is 3.38. The lowest BCUT2D eigenvalue weighted by Gasteiger charge is -2.20. The maximum atomic E-state index is 11.7. The average molecular weight is 293 g/mol. The van der Waals surface area contributed by atoms with Gasteiger partial charge in [-0.25, -0.2) is 4.79 Å².